The maximum Gasteiger partial charge on any atom is 0.261 e. The molecule has 1 aromatic rings. The van der Waals surface area contributed by atoms with E-state index in [2.05, 4.69) is 17.4 Å². The molecule has 0 aliphatic heterocycles. The molecule has 0 bridgehead atoms. The summed E-state index contributed by atoms with van der Waals surface area (Å²) >= 11 is 1.52. The number of hydrogen-bond donors (Lipinski definition) is 3. The van der Waals surface area contributed by atoms with Gasteiger partial charge in [0.2, 0.25) is 0 Å². The van der Waals surface area contributed by atoms with E-state index in [1.54, 1.807) is 0 Å². The molecule has 6 heteroatoms. The van der Waals surface area contributed by atoms with E-state index in [1.165, 1.54) is 16.2 Å². The van der Waals surface area contributed by atoms with Crippen LogP contribution in [0.1, 0.15) is 40.7 Å². The number of nitrogens with one attached hydrogen (secondary N) is 1. The molecule has 0 radical (unpaired) electrons. The molecule has 1 fully saturated rings. The standard InChI is InChI=1S/C13H19N3O2S/c1-2-8-6-7-11(19-8)13(17)15-10-5-3-4-9(10)12(14)16-18/h6-7,9-10,18H,2-5H2,1H3,(H2,14,16)(H,15,17). The fourth-order valence-electron chi connectivity index (χ4n) is 2.49. The lowest BCUT2D eigenvalue weighted by atomic mass is 10.0. The van der Waals surface area contributed by atoms with Gasteiger partial charge in [0.15, 0.2) is 0 Å². The summed E-state index contributed by atoms with van der Waals surface area (Å²) in [5, 5.41) is 14.8. The Bertz CT molecular complexity index is 484. The Kier molecular flexibility index (Phi) is 4.42. The number of amides is 1. The maximum atomic E-state index is 12.1. The number of oxime groups is 1. The second-order valence-electron chi connectivity index (χ2n) is 4.76. The van der Waals surface area contributed by atoms with Gasteiger partial charge in [0.1, 0.15) is 5.84 Å². The molecular weight excluding hydrogens is 262 g/mol. The lowest BCUT2D eigenvalue weighted by molar-refractivity contribution is 0.0937. The van der Waals surface area contributed by atoms with Crippen LogP contribution in [-0.2, 0) is 6.42 Å². The van der Waals surface area contributed by atoms with Crippen LogP contribution in [0.2, 0.25) is 0 Å². The van der Waals surface area contributed by atoms with Crippen LogP contribution in [0.15, 0.2) is 17.3 Å². The highest BCUT2D eigenvalue weighted by atomic mass is 32.1. The second-order valence-corrected chi connectivity index (χ2v) is 5.93. The molecule has 1 aromatic heterocycles. The van der Waals surface area contributed by atoms with Crippen LogP contribution in [0.3, 0.4) is 0 Å². The van der Waals surface area contributed by atoms with Gasteiger partial charge in [0, 0.05) is 16.8 Å². The van der Waals surface area contributed by atoms with Gasteiger partial charge in [-0.1, -0.05) is 18.5 Å². The zero-order valence-corrected chi connectivity index (χ0v) is 11.7. The number of carbonyl (C=O) groups excluding carboxylic acids is 1. The van der Waals surface area contributed by atoms with Crippen molar-refractivity contribution in [3.05, 3.63) is 21.9 Å². The van der Waals surface area contributed by atoms with E-state index in [-0.39, 0.29) is 23.7 Å². The van der Waals surface area contributed by atoms with Gasteiger partial charge in [0.05, 0.1) is 4.88 Å². The van der Waals surface area contributed by atoms with Crippen molar-refractivity contribution in [2.75, 3.05) is 0 Å². The van der Waals surface area contributed by atoms with Crippen LogP contribution in [-0.4, -0.2) is 23.0 Å². The summed E-state index contributed by atoms with van der Waals surface area (Å²) in [5.74, 6) is 0.0927. The lowest BCUT2D eigenvalue weighted by Gasteiger charge is -2.19. The molecule has 104 valence electrons. The van der Waals surface area contributed by atoms with E-state index < -0.39 is 0 Å². The molecule has 1 aliphatic rings. The van der Waals surface area contributed by atoms with Crippen LogP contribution in [0.25, 0.3) is 0 Å². The molecule has 1 amide bonds. The smallest absolute Gasteiger partial charge is 0.261 e. The Morgan fingerprint density at radius 2 is 2.37 bits per heavy atom. The SMILES string of the molecule is CCc1ccc(C(=O)NC2CCCC2C(N)=NO)s1. The molecule has 0 spiro atoms. The van der Waals surface area contributed by atoms with Crippen LogP contribution in [0.4, 0.5) is 0 Å². The van der Waals surface area contributed by atoms with Crippen LogP contribution in [0.5, 0.6) is 0 Å². The van der Waals surface area contributed by atoms with Gasteiger partial charge in [-0.2, -0.15) is 0 Å². The quantitative estimate of drug-likeness (QED) is 0.341. The molecule has 5 nitrogen and oxygen atoms in total. The molecule has 1 aliphatic carbocycles. The summed E-state index contributed by atoms with van der Waals surface area (Å²) in [6.45, 7) is 2.07. The minimum atomic E-state index is -0.0626. The van der Waals surface area contributed by atoms with Crippen molar-refractivity contribution in [3.8, 4) is 0 Å². The minimum absolute atomic E-state index is 0.0319. The van der Waals surface area contributed by atoms with Crippen molar-refractivity contribution in [2.24, 2.45) is 16.8 Å². The van der Waals surface area contributed by atoms with Gasteiger partial charge in [-0.15, -0.1) is 11.3 Å². The van der Waals surface area contributed by atoms with Crippen LogP contribution < -0.4 is 11.1 Å². The molecular formula is C13H19N3O2S. The highest BCUT2D eigenvalue weighted by molar-refractivity contribution is 7.14. The van der Waals surface area contributed by atoms with E-state index in [1.807, 2.05) is 12.1 Å². The first-order valence-electron chi connectivity index (χ1n) is 6.52. The summed E-state index contributed by atoms with van der Waals surface area (Å²) in [4.78, 5) is 14.1. The van der Waals surface area contributed by atoms with Crippen molar-refractivity contribution >= 4 is 23.1 Å². The summed E-state index contributed by atoms with van der Waals surface area (Å²) in [6.07, 6.45) is 3.65. The van der Waals surface area contributed by atoms with Crippen LogP contribution in [0, 0.1) is 5.92 Å². The van der Waals surface area contributed by atoms with Crippen molar-refractivity contribution < 1.29 is 10.0 Å². The molecule has 1 heterocycles. The molecule has 2 atom stereocenters. The lowest BCUT2D eigenvalue weighted by Crippen LogP contribution is -2.42. The number of carbonyl (C=O) groups is 1. The number of aryl methyl sites for hydroxylation is 1. The summed E-state index contributed by atoms with van der Waals surface area (Å²) < 4.78 is 0. The van der Waals surface area contributed by atoms with E-state index in [0.717, 1.165) is 30.6 Å². The molecule has 4 N–H and O–H groups in total. The number of hydrogen-bond acceptors (Lipinski definition) is 4. The van der Waals surface area contributed by atoms with Gasteiger partial charge < -0.3 is 16.3 Å². The van der Waals surface area contributed by atoms with E-state index in [9.17, 15) is 4.79 Å². The second kappa shape index (κ2) is 6.06. The number of thiophene rings is 1. The predicted octanol–water partition coefficient (Wildman–Crippen LogP) is 1.96. The Labute approximate surface area is 116 Å². The maximum absolute atomic E-state index is 12.1. The van der Waals surface area contributed by atoms with E-state index in [4.69, 9.17) is 10.9 Å². The third-order valence-corrected chi connectivity index (χ3v) is 4.79. The summed E-state index contributed by atoms with van der Waals surface area (Å²) in [6, 6.07) is 3.80. The average Bonchev–Trinajstić information content (AvgIpc) is 3.06. The molecule has 1 saturated carbocycles. The summed E-state index contributed by atoms with van der Waals surface area (Å²) in [7, 11) is 0. The fourth-order valence-corrected chi connectivity index (χ4v) is 3.34. The van der Waals surface area contributed by atoms with Gasteiger partial charge >= 0.3 is 0 Å². The Hall–Kier alpha value is -1.56. The van der Waals surface area contributed by atoms with Crippen molar-refractivity contribution in [2.45, 2.75) is 38.6 Å². The number of nitrogens with zero attached hydrogens (tertiary/aromatic N) is 1. The zero-order valence-electron chi connectivity index (χ0n) is 10.9. The van der Waals surface area contributed by atoms with Gasteiger partial charge in [0.25, 0.3) is 5.91 Å². The molecule has 0 aromatic carbocycles. The number of amidine groups is 1. The largest absolute Gasteiger partial charge is 0.409 e. The zero-order chi connectivity index (χ0) is 13.8. The first kappa shape index (κ1) is 13.9. The first-order valence-corrected chi connectivity index (χ1v) is 7.34. The third kappa shape index (κ3) is 3.07. The summed E-state index contributed by atoms with van der Waals surface area (Å²) in [5.41, 5.74) is 5.66. The van der Waals surface area contributed by atoms with E-state index >= 15 is 0 Å². The van der Waals surface area contributed by atoms with Crippen molar-refractivity contribution in [3.63, 3.8) is 0 Å². The molecule has 2 rings (SSSR count). The Balaban J connectivity index is 2.02. The Morgan fingerprint density at radius 3 is 3.00 bits per heavy atom. The van der Waals surface area contributed by atoms with Gasteiger partial charge in [-0.05, 0) is 31.4 Å². The normalized spacial score (nSPS) is 23.5. The van der Waals surface area contributed by atoms with Gasteiger partial charge in [-0.25, -0.2) is 0 Å². The Morgan fingerprint density at radius 1 is 1.58 bits per heavy atom. The predicted molar refractivity (Wildman–Crippen MR) is 75.7 cm³/mol. The van der Waals surface area contributed by atoms with Gasteiger partial charge in [-0.3, -0.25) is 4.79 Å². The molecule has 0 saturated heterocycles. The first-order chi connectivity index (χ1) is 9.15. The molecule has 19 heavy (non-hydrogen) atoms. The fraction of sp³-hybridized carbons (Fsp3) is 0.538. The number of nitrogens with two attached hydrogens (primary N) is 1. The monoisotopic (exact) mass is 281 g/mol. The third-order valence-electron chi connectivity index (χ3n) is 3.56. The minimum Gasteiger partial charge on any atom is -0.409 e. The van der Waals surface area contributed by atoms with E-state index in [0.29, 0.717) is 0 Å². The highest BCUT2D eigenvalue weighted by Gasteiger charge is 2.32. The van der Waals surface area contributed by atoms with Crippen molar-refractivity contribution in [1.29, 1.82) is 0 Å². The molecule has 2 unspecified atom stereocenters. The van der Waals surface area contributed by atoms with Crippen LogP contribution >= 0.6 is 11.3 Å². The number of rotatable bonds is 4. The topological polar surface area (TPSA) is 87.7 Å². The average molecular weight is 281 g/mol. The highest BCUT2D eigenvalue weighted by Crippen LogP contribution is 2.26. The van der Waals surface area contributed by atoms with Crippen molar-refractivity contribution in [1.82, 2.24) is 5.32 Å².